The lowest BCUT2D eigenvalue weighted by atomic mass is 10.1. The highest BCUT2D eigenvalue weighted by atomic mass is 19.1. The third-order valence-electron chi connectivity index (χ3n) is 3.44. The van der Waals surface area contributed by atoms with Crippen LogP contribution in [0.1, 0.15) is 17.0 Å². The molecule has 3 aromatic rings. The molecule has 112 valence electrons. The Labute approximate surface area is 128 Å². The van der Waals surface area contributed by atoms with E-state index >= 15 is 0 Å². The van der Waals surface area contributed by atoms with E-state index in [2.05, 4.69) is 4.98 Å². The number of aromatic nitrogens is 1. The van der Waals surface area contributed by atoms with Gasteiger partial charge in [0.25, 0.3) is 0 Å². The van der Waals surface area contributed by atoms with Crippen molar-refractivity contribution in [1.82, 2.24) is 4.98 Å². The molecule has 0 aliphatic carbocycles. The van der Waals surface area contributed by atoms with Gasteiger partial charge in [0.2, 0.25) is 5.89 Å². The van der Waals surface area contributed by atoms with E-state index in [0.717, 1.165) is 11.1 Å². The lowest BCUT2D eigenvalue weighted by Crippen LogP contribution is -1.98. The van der Waals surface area contributed by atoms with Crippen LogP contribution in [0, 0.1) is 19.7 Å². The van der Waals surface area contributed by atoms with Gasteiger partial charge in [0.15, 0.2) is 0 Å². The first kappa shape index (κ1) is 14.3. The summed E-state index contributed by atoms with van der Waals surface area (Å²) in [5.41, 5.74) is 2.77. The Morgan fingerprint density at radius 2 is 1.91 bits per heavy atom. The first-order valence-electron chi connectivity index (χ1n) is 7.04. The second kappa shape index (κ2) is 6.02. The molecule has 0 fully saturated rings. The van der Waals surface area contributed by atoms with Crippen LogP contribution in [0.2, 0.25) is 0 Å². The van der Waals surface area contributed by atoms with Crippen molar-refractivity contribution in [2.24, 2.45) is 0 Å². The zero-order valence-corrected chi connectivity index (χ0v) is 12.5. The highest BCUT2D eigenvalue weighted by molar-refractivity contribution is 5.58. The SMILES string of the molecule is Cc1ccccc1-c1nc(COc2cccc(F)c2)c(C)o1. The van der Waals surface area contributed by atoms with E-state index in [9.17, 15) is 4.39 Å². The molecule has 1 heterocycles. The summed E-state index contributed by atoms with van der Waals surface area (Å²) < 4.78 is 24.4. The molecule has 3 rings (SSSR count). The average Bonchev–Trinajstić information content (AvgIpc) is 2.87. The number of rotatable bonds is 4. The third kappa shape index (κ3) is 3.01. The number of hydrogen-bond acceptors (Lipinski definition) is 3. The van der Waals surface area contributed by atoms with E-state index in [0.29, 0.717) is 23.1 Å². The topological polar surface area (TPSA) is 35.3 Å². The van der Waals surface area contributed by atoms with Crippen molar-refractivity contribution in [2.75, 3.05) is 0 Å². The van der Waals surface area contributed by atoms with Gasteiger partial charge in [-0.15, -0.1) is 0 Å². The second-order valence-electron chi connectivity index (χ2n) is 5.08. The fourth-order valence-corrected chi connectivity index (χ4v) is 2.20. The second-order valence-corrected chi connectivity index (χ2v) is 5.08. The van der Waals surface area contributed by atoms with Gasteiger partial charge in [-0.1, -0.05) is 24.3 Å². The summed E-state index contributed by atoms with van der Waals surface area (Å²) in [5.74, 6) is 1.43. The molecule has 0 saturated carbocycles. The predicted octanol–water partition coefficient (Wildman–Crippen LogP) is 4.68. The smallest absolute Gasteiger partial charge is 0.226 e. The number of halogens is 1. The van der Waals surface area contributed by atoms with Crippen molar-refractivity contribution in [1.29, 1.82) is 0 Å². The molecule has 0 atom stereocenters. The van der Waals surface area contributed by atoms with Crippen molar-refractivity contribution < 1.29 is 13.5 Å². The number of nitrogens with zero attached hydrogens (tertiary/aromatic N) is 1. The molecular weight excluding hydrogens is 281 g/mol. The van der Waals surface area contributed by atoms with Crippen LogP contribution < -0.4 is 4.74 Å². The molecule has 0 spiro atoms. The molecule has 2 aromatic carbocycles. The lowest BCUT2D eigenvalue weighted by molar-refractivity contribution is 0.298. The monoisotopic (exact) mass is 297 g/mol. The Bertz CT molecular complexity index is 795. The Morgan fingerprint density at radius 3 is 2.68 bits per heavy atom. The molecule has 0 amide bonds. The Morgan fingerprint density at radius 1 is 1.09 bits per heavy atom. The number of aryl methyl sites for hydroxylation is 2. The summed E-state index contributed by atoms with van der Waals surface area (Å²) in [5, 5.41) is 0. The van der Waals surface area contributed by atoms with Crippen LogP contribution in [0.4, 0.5) is 4.39 Å². The maximum absolute atomic E-state index is 13.1. The zero-order chi connectivity index (χ0) is 15.5. The first-order valence-corrected chi connectivity index (χ1v) is 7.04. The molecule has 0 N–H and O–H groups in total. The van der Waals surface area contributed by atoms with Gasteiger partial charge in [0.1, 0.15) is 29.6 Å². The van der Waals surface area contributed by atoms with E-state index in [4.69, 9.17) is 9.15 Å². The van der Waals surface area contributed by atoms with Crippen molar-refractivity contribution in [3.63, 3.8) is 0 Å². The van der Waals surface area contributed by atoms with Gasteiger partial charge in [-0.05, 0) is 37.6 Å². The van der Waals surface area contributed by atoms with Gasteiger partial charge in [-0.3, -0.25) is 0 Å². The minimum Gasteiger partial charge on any atom is -0.487 e. The molecule has 0 radical (unpaired) electrons. The van der Waals surface area contributed by atoms with Crippen molar-refractivity contribution >= 4 is 0 Å². The Kier molecular flexibility index (Phi) is 3.92. The summed E-state index contributed by atoms with van der Waals surface area (Å²) in [6.07, 6.45) is 0. The summed E-state index contributed by atoms with van der Waals surface area (Å²) >= 11 is 0. The quantitative estimate of drug-likeness (QED) is 0.701. The maximum Gasteiger partial charge on any atom is 0.226 e. The minimum absolute atomic E-state index is 0.241. The van der Waals surface area contributed by atoms with Crippen LogP contribution in [-0.4, -0.2) is 4.98 Å². The van der Waals surface area contributed by atoms with Crippen LogP contribution in [0.15, 0.2) is 52.9 Å². The number of hydrogen-bond donors (Lipinski definition) is 0. The van der Waals surface area contributed by atoms with Gasteiger partial charge < -0.3 is 9.15 Å². The van der Waals surface area contributed by atoms with Crippen LogP contribution in [-0.2, 0) is 6.61 Å². The largest absolute Gasteiger partial charge is 0.487 e. The fourth-order valence-electron chi connectivity index (χ4n) is 2.20. The van der Waals surface area contributed by atoms with Gasteiger partial charge in [0, 0.05) is 11.6 Å². The fraction of sp³-hybridized carbons (Fsp3) is 0.167. The summed E-state index contributed by atoms with van der Waals surface area (Å²) in [6, 6.07) is 13.9. The number of oxazole rings is 1. The number of benzene rings is 2. The molecule has 1 aromatic heterocycles. The highest BCUT2D eigenvalue weighted by Crippen LogP contribution is 2.25. The third-order valence-corrected chi connectivity index (χ3v) is 3.44. The minimum atomic E-state index is -0.324. The molecule has 0 unspecified atom stereocenters. The van der Waals surface area contributed by atoms with Crippen molar-refractivity contribution in [2.45, 2.75) is 20.5 Å². The average molecular weight is 297 g/mol. The Balaban J connectivity index is 1.80. The lowest BCUT2D eigenvalue weighted by Gasteiger charge is -2.04. The summed E-state index contributed by atoms with van der Waals surface area (Å²) in [4.78, 5) is 4.49. The van der Waals surface area contributed by atoms with E-state index < -0.39 is 0 Å². The molecule has 0 aliphatic rings. The van der Waals surface area contributed by atoms with Crippen LogP contribution in [0.3, 0.4) is 0 Å². The summed E-state index contributed by atoms with van der Waals surface area (Å²) in [7, 11) is 0. The first-order chi connectivity index (χ1) is 10.6. The van der Waals surface area contributed by atoms with Gasteiger partial charge in [-0.2, -0.15) is 0 Å². The van der Waals surface area contributed by atoms with Crippen LogP contribution in [0.25, 0.3) is 11.5 Å². The molecule has 22 heavy (non-hydrogen) atoms. The van der Waals surface area contributed by atoms with Crippen LogP contribution in [0.5, 0.6) is 5.75 Å². The molecule has 0 bridgehead atoms. The summed E-state index contributed by atoms with van der Waals surface area (Å²) in [6.45, 7) is 4.10. The van der Waals surface area contributed by atoms with Crippen molar-refractivity contribution in [3.05, 3.63) is 71.4 Å². The standard InChI is InChI=1S/C18H16FNO2/c1-12-6-3-4-9-16(12)18-20-17(13(2)22-18)11-21-15-8-5-7-14(19)10-15/h3-10H,11H2,1-2H3. The zero-order valence-electron chi connectivity index (χ0n) is 12.5. The molecular formula is C18H16FNO2. The molecule has 4 heteroatoms. The maximum atomic E-state index is 13.1. The highest BCUT2D eigenvalue weighted by Gasteiger charge is 2.13. The van der Waals surface area contributed by atoms with Gasteiger partial charge >= 0.3 is 0 Å². The van der Waals surface area contributed by atoms with E-state index in [1.165, 1.54) is 12.1 Å². The number of ether oxygens (including phenoxy) is 1. The van der Waals surface area contributed by atoms with Crippen molar-refractivity contribution in [3.8, 4) is 17.2 Å². The molecule has 0 saturated heterocycles. The van der Waals surface area contributed by atoms with Crippen LogP contribution >= 0.6 is 0 Å². The molecule has 0 aliphatic heterocycles. The van der Waals surface area contributed by atoms with E-state index in [-0.39, 0.29) is 12.4 Å². The van der Waals surface area contributed by atoms with Gasteiger partial charge in [-0.25, -0.2) is 9.37 Å². The van der Waals surface area contributed by atoms with Gasteiger partial charge in [0.05, 0.1) is 0 Å². The predicted molar refractivity (Wildman–Crippen MR) is 82.1 cm³/mol. The Hall–Kier alpha value is -2.62. The normalized spacial score (nSPS) is 10.7. The van der Waals surface area contributed by atoms with E-state index in [1.807, 2.05) is 38.1 Å². The molecule has 3 nitrogen and oxygen atoms in total. The van der Waals surface area contributed by atoms with E-state index in [1.54, 1.807) is 12.1 Å².